The number of nitrogens with two attached hydrogens (primary N) is 1. The first kappa shape index (κ1) is 15.1. The summed E-state index contributed by atoms with van der Waals surface area (Å²) in [4.78, 5) is 2.19. The van der Waals surface area contributed by atoms with Crippen molar-refractivity contribution in [3.8, 4) is 0 Å². The summed E-state index contributed by atoms with van der Waals surface area (Å²) in [7, 11) is 0.354. The fourth-order valence-corrected chi connectivity index (χ4v) is 2.59. The van der Waals surface area contributed by atoms with Crippen LogP contribution in [0.5, 0.6) is 0 Å². The summed E-state index contributed by atoms with van der Waals surface area (Å²) in [5.74, 6) is 0. The quantitative estimate of drug-likeness (QED) is 0.780. The molecular weight excluding hydrogens is 250 g/mol. The van der Waals surface area contributed by atoms with Crippen molar-refractivity contribution in [2.24, 2.45) is 5.73 Å². The summed E-state index contributed by atoms with van der Waals surface area (Å²) in [5.41, 5.74) is 7.44. The first-order chi connectivity index (χ1) is 8.36. The number of sulfonamides is 1. The van der Waals surface area contributed by atoms with Gasteiger partial charge in [0.05, 0.1) is 4.90 Å². The van der Waals surface area contributed by atoms with E-state index in [-0.39, 0.29) is 4.90 Å². The standard InChI is InChI=1S/C12H21N3O2S/c1-10-4-5-12(8-11(10)9-13)18(16,17)14-6-7-15(2)3/h4-5,8,14H,6-7,9,13H2,1-3H3. The number of likely N-dealkylation sites (N-methyl/N-ethyl adjacent to an activating group) is 1. The van der Waals surface area contributed by atoms with Crippen molar-refractivity contribution in [3.05, 3.63) is 29.3 Å². The van der Waals surface area contributed by atoms with Crippen molar-refractivity contribution < 1.29 is 8.42 Å². The zero-order chi connectivity index (χ0) is 13.8. The van der Waals surface area contributed by atoms with E-state index in [0.717, 1.165) is 11.1 Å². The lowest BCUT2D eigenvalue weighted by molar-refractivity contribution is 0.412. The molecule has 5 nitrogen and oxygen atoms in total. The highest BCUT2D eigenvalue weighted by atomic mass is 32.2. The van der Waals surface area contributed by atoms with Crippen molar-refractivity contribution in [1.82, 2.24) is 9.62 Å². The van der Waals surface area contributed by atoms with Crippen LogP contribution < -0.4 is 10.5 Å². The van der Waals surface area contributed by atoms with E-state index >= 15 is 0 Å². The van der Waals surface area contributed by atoms with Gasteiger partial charge in [-0.3, -0.25) is 0 Å². The van der Waals surface area contributed by atoms with E-state index in [9.17, 15) is 8.42 Å². The maximum absolute atomic E-state index is 12.0. The monoisotopic (exact) mass is 271 g/mol. The molecule has 3 N–H and O–H groups in total. The Kier molecular flexibility index (Phi) is 5.28. The molecule has 0 atom stereocenters. The summed E-state index contributed by atoms with van der Waals surface area (Å²) in [6.07, 6.45) is 0. The number of nitrogens with zero attached hydrogens (tertiary/aromatic N) is 1. The van der Waals surface area contributed by atoms with Crippen LogP contribution in [0.4, 0.5) is 0 Å². The van der Waals surface area contributed by atoms with Gasteiger partial charge in [0, 0.05) is 19.6 Å². The fourth-order valence-electron chi connectivity index (χ4n) is 1.52. The van der Waals surface area contributed by atoms with Crippen LogP contribution in [0.25, 0.3) is 0 Å². The first-order valence-electron chi connectivity index (χ1n) is 5.81. The maximum Gasteiger partial charge on any atom is 0.240 e. The molecular formula is C12H21N3O2S. The van der Waals surface area contributed by atoms with Crippen molar-refractivity contribution in [2.75, 3.05) is 27.2 Å². The number of nitrogens with one attached hydrogen (secondary N) is 1. The lowest BCUT2D eigenvalue weighted by Gasteiger charge is -2.12. The van der Waals surface area contributed by atoms with Crippen LogP contribution in [0.15, 0.2) is 23.1 Å². The Balaban J connectivity index is 2.85. The van der Waals surface area contributed by atoms with Gasteiger partial charge < -0.3 is 10.6 Å². The van der Waals surface area contributed by atoms with E-state index in [1.165, 1.54) is 0 Å². The molecule has 1 aromatic rings. The van der Waals surface area contributed by atoms with Crippen LogP contribution in [0.1, 0.15) is 11.1 Å². The average molecular weight is 271 g/mol. The molecule has 0 saturated carbocycles. The van der Waals surface area contributed by atoms with E-state index in [1.807, 2.05) is 25.9 Å². The predicted octanol–water partition coefficient (Wildman–Crippen LogP) is 0.294. The molecule has 0 aliphatic heterocycles. The van der Waals surface area contributed by atoms with Crippen LogP contribution in [-0.2, 0) is 16.6 Å². The molecule has 6 heteroatoms. The molecule has 0 heterocycles. The molecule has 0 aliphatic rings. The van der Waals surface area contributed by atoms with Gasteiger partial charge in [-0.15, -0.1) is 0 Å². The summed E-state index contributed by atoms with van der Waals surface area (Å²) in [5, 5.41) is 0. The van der Waals surface area contributed by atoms with Gasteiger partial charge in [-0.05, 0) is 44.3 Å². The van der Waals surface area contributed by atoms with Gasteiger partial charge in [-0.1, -0.05) is 6.07 Å². The molecule has 0 amide bonds. The van der Waals surface area contributed by atoms with Crippen molar-refractivity contribution in [1.29, 1.82) is 0 Å². The van der Waals surface area contributed by atoms with Gasteiger partial charge >= 0.3 is 0 Å². The van der Waals surface area contributed by atoms with Crippen molar-refractivity contribution in [3.63, 3.8) is 0 Å². The highest BCUT2D eigenvalue weighted by Gasteiger charge is 2.14. The van der Waals surface area contributed by atoms with E-state index < -0.39 is 10.0 Å². The molecule has 1 rings (SSSR count). The van der Waals surface area contributed by atoms with Gasteiger partial charge in [-0.2, -0.15) is 0 Å². The SMILES string of the molecule is Cc1ccc(S(=O)(=O)NCCN(C)C)cc1CN. The normalized spacial score (nSPS) is 12.1. The highest BCUT2D eigenvalue weighted by Crippen LogP contribution is 2.14. The molecule has 0 unspecified atom stereocenters. The minimum Gasteiger partial charge on any atom is -0.326 e. The molecule has 0 saturated heterocycles. The van der Waals surface area contributed by atoms with Gasteiger partial charge in [0.15, 0.2) is 0 Å². The van der Waals surface area contributed by atoms with Crippen LogP contribution in [0.3, 0.4) is 0 Å². The minimum absolute atomic E-state index is 0.271. The smallest absolute Gasteiger partial charge is 0.240 e. The predicted molar refractivity (Wildman–Crippen MR) is 72.8 cm³/mol. The van der Waals surface area contributed by atoms with Gasteiger partial charge in [0.25, 0.3) is 0 Å². The number of aryl methyl sites for hydroxylation is 1. The van der Waals surface area contributed by atoms with Gasteiger partial charge in [0.1, 0.15) is 0 Å². The van der Waals surface area contributed by atoms with Crippen LogP contribution in [0.2, 0.25) is 0 Å². The Hall–Kier alpha value is -0.950. The van der Waals surface area contributed by atoms with E-state index in [2.05, 4.69) is 4.72 Å². The van der Waals surface area contributed by atoms with Crippen LogP contribution in [0, 0.1) is 6.92 Å². The molecule has 0 radical (unpaired) electrons. The van der Waals surface area contributed by atoms with E-state index in [1.54, 1.807) is 18.2 Å². The molecule has 0 bridgehead atoms. The topological polar surface area (TPSA) is 75.4 Å². The van der Waals surface area contributed by atoms with Crippen molar-refractivity contribution in [2.45, 2.75) is 18.4 Å². The Morgan fingerprint density at radius 3 is 2.56 bits per heavy atom. The van der Waals surface area contributed by atoms with Crippen molar-refractivity contribution >= 4 is 10.0 Å². The maximum atomic E-state index is 12.0. The second kappa shape index (κ2) is 6.29. The molecule has 18 heavy (non-hydrogen) atoms. The largest absolute Gasteiger partial charge is 0.326 e. The van der Waals surface area contributed by atoms with Crippen LogP contribution in [-0.4, -0.2) is 40.5 Å². The third-order valence-electron chi connectivity index (χ3n) is 2.70. The number of hydrogen-bond donors (Lipinski definition) is 2. The Morgan fingerprint density at radius 1 is 1.33 bits per heavy atom. The Labute approximate surface area is 109 Å². The number of hydrogen-bond acceptors (Lipinski definition) is 4. The Morgan fingerprint density at radius 2 is 2.00 bits per heavy atom. The summed E-state index contributed by atoms with van der Waals surface area (Å²) < 4.78 is 26.6. The summed E-state index contributed by atoms with van der Waals surface area (Å²) in [6.45, 7) is 3.31. The molecule has 0 aromatic heterocycles. The number of benzene rings is 1. The lowest BCUT2D eigenvalue weighted by atomic mass is 10.1. The third-order valence-corrected chi connectivity index (χ3v) is 4.16. The summed E-state index contributed by atoms with van der Waals surface area (Å²) in [6, 6.07) is 5.02. The third kappa shape index (κ3) is 4.06. The van der Waals surface area contributed by atoms with E-state index in [0.29, 0.717) is 19.6 Å². The summed E-state index contributed by atoms with van der Waals surface area (Å²) >= 11 is 0. The Bertz CT molecular complexity index is 498. The second-order valence-electron chi connectivity index (χ2n) is 4.49. The molecule has 0 spiro atoms. The lowest BCUT2D eigenvalue weighted by Crippen LogP contribution is -2.31. The van der Waals surface area contributed by atoms with E-state index in [4.69, 9.17) is 5.73 Å². The zero-order valence-corrected chi connectivity index (χ0v) is 11.9. The molecule has 0 aliphatic carbocycles. The average Bonchev–Trinajstić information content (AvgIpc) is 2.28. The first-order valence-corrected chi connectivity index (χ1v) is 7.29. The molecule has 1 aromatic carbocycles. The molecule has 102 valence electrons. The van der Waals surface area contributed by atoms with Gasteiger partial charge in [-0.25, -0.2) is 13.1 Å². The zero-order valence-electron chi connectivity index (χ0n) is 11.1. The molecule has 0 fully saturated rings. The highest BCUT2D eigenvalue weighted by molar-refractivity contribution is 7.89. The minimum atomic E-state index is -3.44. The fraction of sp³-hybridized carbons (Fsp3) is 0.500. The number of rotatable bonds is 6. The van der Waals surface area contributed by atoms with Crippen LogP contribution >= 0.6 is 0 Å². The van der Waals surface area contributed by atoms with Gasteiger partial charge in [0.2, 0.25) is 10.0 Å². The second-order valence-corrected chi connectivity index (χ2v) is 6.26.